The fourth-order valence-electron chi connectivity index (χ4n) is 4.44. The van der Waals surface area contributed by atoms with Gasteiger partial charge in [-0.25, -0.2) is 0 Å². The molecule has 0 radical (unpaired) electrons. The second-order valence-corrected chi connectivity index (χ2v) is 7.80. The summed E-state index contributed by atoms with van der Waals surface area (Å²) < 4.78 is 11.5. The molecule has 0 amide bonds. The van der Waals surface area contributed by atoms with E-state index in [2.05, 4.69) is 34.5 Å². The Bertz CT molecular complexity index is 519. The smallest absolute Gasteiger partial charge is 0.119 e. The molecule has 0 saturated carbocycles. The van der Waals surface area contributed by atoms with E-state index in [0.717, 1.165) is 25.3 Å². The van der Waals surface area contributed by atoms with Crippen molar-refractivity contribution in [3.63, 3.8) is 0 Å². The van der Waals surface area contributed by atoms with Gasteiger partial charge in [0.25, 0.3) is 0 Å². The topological polar surface area (TPSA) is 33.7 Å². The van der Waals surface area contributed by atoms with Gasteiger partial charge in [-0.1, -0.05) is 12.1 Å². The Morgan fingerprint density at radius 1 is 1.17 bits per heavy atom. The average molecular weight is 330 g/mol. The first-order chi connectivity index (χ1) is 11.8. The lowest BCUT2D eigenvalue weighted by Gasteiger charge is -2.33. The molecule has 1 aromatic rings. The van der Waals surface area contributed by atoms with Gasteiger partial charge in [-0.2, -0.15) is 0 Å². The first kappa shape index (κ1) is 16.4. The molecule has 1 atom stereocenters. The van der Waals surface area contributed by atoms with Crippen molar-refractivity contribution in [2.45, 2.75) is 44.8 Å². The van der Waals surface area contributed by atoms with Crippen molar-refractivity contribution >= 4 is 0 Å². The highest BCUT2D eigenvalue weighted by molar-refractivity contribution is 5.27. The van der Waals surface area contributed by atoms with Crippen molar-refractivity contribution in [1.82, 2.24) is 10.2 Å². The monoisotopic (exact) mass is 330 g/mol. The summed E-state index contributed by atoms with van der Waals surface area (Å²) in [4.78, 5) is 2.63. The van der Waals surface area contributed by atoms with Gasteiger partial charge in [0.15, 0.2) is 0 Å². The molecular formula is C20H30N2O2. The highest BCUT2D eigenvalue weighted by Crippen LogP contribution is 2.39. The number of hydrogen-bond donors (Lipinski definition) is 1. The summed E-state index contributed by atoms with van der Waals surface area (Å²) in [7, 11) is 0. The zero-order valence-corrected chi connectivity index (χ0v) is 14.6. The third kappa shape index (κ3) is 3.93. The van der Waals surface area contributed by atoms with Gasteiger partial charge < -0.3 is 14.8 Å². The van der Waals surface area contributed by atoms with Crippen LogP contribution in [-0.4, -0.2) is 50.4 Å². The molecule has 3 aliphatic heterocycles. The Kier molecular flexibility index (Phi) is 5.06. The van der Waals surface area contributed by atoms with Crippen LogP contribution in [0.2, 0.25) is 0 Å². The van der Waals surface area contributed by atoms with Crippen LogP contribution >= 0.6 is 0 Å². The molecule has 1 N–H and O–H groups in total. The van der Waals surface area contributed by atoms with Gasteiger partial charge in [0, 0.05) is 19.7 Å². The number of piperidine rings is 1. The number of benzene rings is 1. The van der Waals surface area contributed by atoms with Crippen molar-refractivity contribution < 1.29 is 9.47 Å². The van der Waals surface area contributed by atoms with Crippen LogP contribution in [0.3, 0.4) is 0 Å². The number of likely N-dealkylation sites (tertiary alicyclic amines) is 1. The van der Waals surface area contributed by atoms with Crippen LogP contribution in [0.5, 0.6) is 5.75 Å². The Morgan fingerprint density at radius 2 is 2.00 bits per heavy atom. The van der Waals surface area contributed by atoms with Crippen LogP contribution in [0, 0.1) is 5.41 Å². The van der Waals surface area contributed by atoms with Crippen LogP contribution in [0.25, 0.3) is 0 Å². The lowest BCUT2D eigenvalue weighted by Crippen LogP contribution is -2.38. The second-order valence-electron chi connectivity index (χ2n) is 7.80. The van der Waals surface area contributed by atoms with Crippen LogP contribution < -0.4 is 10.1 Å². The van der Waals surface area contributed by atoms with Crippen molar-refractivity contribution in [2.24, 2.45) is 5.41 Å². The highest BCUT2D eigenvalue weighted by atomic mass is 16.5. The summed E-state index contributed by atoms with van der Waals surface area (Å²) in [5.74, 6) is 0.963. The lowest BCUT2D eigenvalue weighted by molar-refractivity contribution is 0.0679. The van der Waals surface area contributed by atoms with E-state index in [9.17, 15) is 0 Å². The third-order valence-corrected chi connectivity index (χ3v) is 5.97. The predicted octanol–water partition coefficient (Wildman–Crippen LogP) is 2.82. The molecule has 4 nitrogen and oxygen atoms in total. The molecule has 4 rings (SSSR count). The highest BCUT2D eigenvalue weighted by Gasteiger charge is 2.38. The molecule has 3 aliphatic rings. The standard InChI is InChI=1S/C20H30N2O2/c1-2-19(23-13-1)15-24-18-5-3-17(4-6-18)14-22-12-9-20(16-22)7-10-21-11-8-20/h3-6,19,21H,1-2,7-16H2. The van der Waals surface area contributed by atoms with E-state index >= 15 is 0 Å². The summed E-state index contributed by atoms with van der Waals surface area (Å²) in [6.07, 6.45) is 6.65. The molecule has 132 valence electrons. The summed E-state index contributed by atoms with van der Waals surface area (Å²) in [5.41, 5.74) is 1.99. The minimum absolute atomic E-state index is 0.287. The van der Waals surface area contributed by atoms with Gasteiger partial charge in [0.05, 0.1) is 6.10 Å². The first-order valence-electron chi connectivity index (χ1n) is 9.58. The molecule has 1 unspecified atom stereocenters. The quantitative estimate of drug-likeness (QED) is 0.900. The minimum atomic E-state index is 0.287. The molecule has 1 spiro atoms. The Balaban J connectivity index is 1.26. The summed E-state index contributed by atoms with van der Waals surface area (Å²) in [5, 5.41) is 3.50. The molecule has 3 heterocycles. The Labute approximate surface area is 145 Å². The third-order valence-electron chi connectivity index (χ3n) is 5.97. The zero-order chi connectivity index (χ0) is 16.2. The largest absolute Gasteiger partial charge is 0.491 e. The molecule has 0 bridgehead atoms. The van der Waals surface area contributed by atoms with Gasteiger partial charge in [-0.3, -0.25) is 4.90 Å². The normalized spacial score (nSPS) is 26.9. The van der Waals surface area contributed by atoms with Crippen molar-refractivity contribution in [3.05, 3.63) is 29.8 Å². The Hall–Kier alpha value is -1.10. The lowest BCUT2D eigenvalue weighted by atomic mass is 9.78. The molecule has 1 aromatic carbocycles. The van der Waals surface area contributed by atoms with E-state index in [0.29, 0.717) is 12.0 Å². The number of ether oxygens (including phenoxy) is 2. The fraction of sp³-hybridized carbons (Fsp3) is 0.700. The van der Waals surface area contributed by atoms with Gasteiger partial charge >= 0.3 is 0 Å². The van der Waals surface area contributed by atoms with Crippen LogP contribution in [0.1, 0.15) is 37.7 Å². The maximum absolute atomic E-state index is 5.86. The summed E-state index contributed by atoms with van der Waals surface area (Å²) in [6.45, 7) is 7.56. The van der Waals surface area contributed by atoms with Crippen LogP contribution in [0.4, 0.5) is 0 Å². The van der Waals surface area contributed by atoms with Gasteiger partial charge in [0.2, 0.25) is 0 Å². The van der Waals surface area contributed by atoms with Gasteiger partial charge in [-0.05, 0) is 74.8 Å². The van der Waals surface area contributed by atoms with E-state index < -0.39 is 0 Å². The van der Waals surface area contributed by atoms with E-state index in [-0.39, 0.29) is 6.10 Å². The fourth-order valence-corrected chi connectivity index (χ4v) is 4.44. The van der Waals surface area contributed by atoms with E-state index in [1.54, 1.807) is 0 Å². The van der Waals surface area contributed by atoms with E-state index in [4.69, 9.17) is 9.47 Å². The van der Waals surface area contributed by atoms with Crippen LogP contribution in [0.15, 0.2) is 24.3 Å². The van der Waals surface area contributed by atoms with Crippen LogP contribution in [-0.2, 0) is 11.3 Å². The second kappa shape index (κ2) is 7.42. The van der Waals surface area contributed by atoms with Crippen molar-refractivity contribution in [2.75, 3.05) is 39.4 Å². The number of rotatable bonds is 5. The van der Waals surface area contributed by atoms with E-state index in [1.165, 1.54) is 57.4 Å². The van der Waals surface area contributed by atoms with E-state index in [1.807, 2.05) is 0 Å². The number of hydrogen-bond acceptors (Lipinski definition) is 4. The number of nitrogens with one attached hydrogen (secondary N) is 1. The molecule has 0 aliphatic carbocycles. The van der Waals surface area contributed by atoms with Gasteiger partial charge in [0.1, 0.15) is 12.4 Å². The van der Waals surface area contributed by atoms with Crippen molar-refractivity contribution in [3.8, 4) is 5.75 Å². The zero-order valence-electron chi connectivity index (χ0n) is 14.6. The maximum atomic E-state index is 5.86. The number of nitrogens with zero attached hydrogens (tertiary/aromatic N) is 1. The maximum Gasteiger partial charge on any atom is 0.119 e. The molecule has 4 heteroatoms. The minimum Gasteiger partial charge on any atom is -0.491 e. The van der Waals surface area contributed by atoms with Crippen molar-refractivity contribution in [1.29, 1.82) is 0 Å². The molecular weight excluding hydrogens is 300 g/mol. The van der Waals surface area contributed by atoms with Gasteiger partial charge in [-0.15, -0.1) is 0 Å². The molecule has 3 saturated heterocycles. The average Bonchev–Trinajstić information content (AvgIpc) is 3.26. The first-order valence-corrected chi connectivity index (χ1v) is 9.58. The SMILES string of the molecule is c1cc(OCC2CCCO2)ccc1CN1CCC2(CCNCC2)C1. The Morgan fingerprint density at radius 3 is 2.75 bits per heavy atom. The summed E-state index contributed by atoms with van der Waals surface area (Å²) >= 11 is 0. The molecule has 3 fully saturated rings. The predicted molar refractivity (Wildman–Crippen MR) is 95.3 cm³/mol. The molecule has 0 aromatic heterocycles. The summed E-state index contributed by atoms with van der Waals surface area (Å²) in [6, 6.07) is 8.66. The molecule has 24 heavy (non-hydrogen) atoms.